The third-order valence-corrected chi connectivity index (χ3v) is 8.30. The minimum atomic E-state index is -2.34. The Morgan fingerprint density at radius 2 is 1.67 bits per heavy atom. The molecule has 0 heterocycles. The molecule has 0 aliphatic rings. The highest BCUT2D eigenvalue weighted by molar-refractivity contribution is 9.10. The molecule has 0 unspecified atom stereocenters. The van der Waals surface area contributed by atoms with Crippen LogP contribution in [0.5, 0.6) is 0 Å². The van der Waals surface area contributed by atoms with E-state index in [9.17, 15) is 4.80 Å². The highest BCUT2D eigenvalue weighted by atomic mass is 79.9. The molecule has 1 rings (SSSR count). The molecule has 0 bridgehead atoms. The van der Waals surface area contributed by atoms with E-state index in [1.165, 1.54) is 0 Å². The van der Waals surface area contributed by atoms with Crippen molar-refractivity contribution in [1.82, 2.24) is 0 Å². The highest BCUT2D eigenvalue weighted by Crippen LogP contribution is 2.29. The van der Waals surface area contributed by atoms with Gasteiger partial charge in [-0.05, 0) is 28.4 Å². The van der Waals surface area contributed by atoms with Crippen LogP contribution in [-0.2, 0) is 0 Å². The van der Waals surface area contributed by atoms with E-state index >= 15 is 0 Å². The molecule has 0 fully saturated rings. The van der Waals surface area contributed by atoms with Gasteiger partial charge < -0.3 is 4.80 Å². The topological polar surface area (TPSA) is 20.2 Å². The summed E-state index contributed by atoms with van der Waals surface area (Å²) in [5.41, 5.74) is 0.679. The van der Waals surface area contributed by atoms with Crippen molar-refractivity contribution >= 4 is 29.4 Å². The lowest BCUT2D eigenvalue weighted by molar-refractivity contribution is 0.513. The van der Waals surface area contributed by atoms with Gasteiger partial charge in [-0.3, -0.25) is 0 Å². The van der Waals surface area contributed by atoms with Crippen molar-refractivity contribution in [2.24, 2.45) is 0 Å². The first-order valence-electron chi connectivity index (χ1n) is 5.37. The summed E-state index contributed by atoms with van der Waals surface area (Å²) >= 11 is 3.46. The maximum Gasteiger partial charge on any atom is 0.225 e. The van der Waals surface area contributed by atoms with E-state index in [0.29, 0.717) is 11.1 Å². The quantitative estimate of drug-likeness (QED) is 0.845. The van der Waals surface area contributed by atoms with Crippen LogP contribution in [0.1, 0.15) is 27.7 Å². The van der Waals surface area contributed by atoms with E-state index in [1.54, 1.807) is 0 Å². The molecule has 0 amide bonds. The third-order valence-electron chi connectivity index (χ3n) is 3.05. The predicted molar refractivity (Wildman–Crippen MR) is 71.9 cm³/mol. The standard InChI is InChI=1S/C12H19BrOSi/c1-9(2)15(14,10(3)4)12-7-5-6-11(13)8-12/h5-10,14H,1-4H3. The fraction of sp³-hybridized carbons (Fsp3) is 0.500. The molecule has 0 spiro atoms. The van der Waals surface area contributed by atoms with E-state index in [2.05, 4.69) is 55.8 Å². The van der Waals surface area contributed by atoms with Crippen molar-refractivity contribution in [3.05, 3.63) is 28.7 Å². The SMILES string of the molecule is CC(C)[Si](O)(c1cccc(Br)c1)C(C)C. The molecule has 1 N–H and O–H groups in total. The summed E-state index contributed by atoms with van der Waals surface area (Å²) in [7, 11) is -2.34. The zero-order chi connectivity index (χ0) is 11.6. The van der Waals surface area contributed by atoms with Crippen LogP contribution < -0.4 is 5.19 Å². The summed E-state index contributed by atoms with van der Waals surface area (Å²) in [6.45, 7) is 8.47. The maximum atomic E-state index is 10.9. The molecule has 1 aromatic carbocycles. The van der Waals surface area contributed by atoms with E-state index in [0.717, 1.165) is 9.66 Å². The van der Waals surface area contributed by atoms with Gasteiger partial charge in [0.25, 0.3) is 0 Å². The van der Waals surface area contributed by atoms with Gasteiger partial charge in [-0.2, -0.15) is 0 Å². The zero-order valence-electron chi connectivity index (χ0n) is 9.79. The van der Waals surface area contributed by atoms with Crippen LogP contribution in [0.15, 0.2) is 28.7 Å². The van der Waals surface area contributed by atoms with E-state index in [-0.39, 0.29) is 0 Å². The Morgan fingerprint density at radius 1 is 1.13 bits per heavy atom. The van der Waals surface area contributed by atoms with Crippen molar-refractivity contribution in [2.75, 3.05) is 0 Å². The molecule has 15 heavy (non-hydrogen) atoms. The third kappa shape index (κ3) is 2.52. The molecule has 1 aromatic rings. The Morgan fingerprint density at radius 3 is 2.07 bits per heavy atom. The average Bonchev–Trinajstić information content (AvgIpc) is 2.15. The molecule has 0 aromatic heterocycles. The van der Waals surface area contributed by atoms with Crippen LogP contribution in [0.25, 0.3) is 0 Å². The number of halogens is 1. The van der Waals surface area contributed by atoms with Gasteiger partial charge in [-0.1, -0.05) is 55.8 Å². The molecular weight excluding hydrogens is 268 g/mol. The monoisotopic (exact) mass is 286 g/mol. The molecular formula is C12H19BrOSi. The average molecular weight is 287 g/mol. The number of hydrogen-bond donors (Lipinski definition) is 1. The van der Waals surface area contributed by atoms with Crippen LogP contribution in [0.4, 0.5) is 0 Å². The van der Waals surface area contributed by atoms with E-state index in [1.807, 2.05) is 12.1 Å². The Hall–Kier alpha value is -0.123. The van der Waals surface area contributed by atoms with Gasteiger partial charge in [-0.25, -0.2) is 0 Å². The molecule has 0 aliphatic carbocycles. The minimum absolute atomic E-state index is 0.340. The molecule has 3 heteroatoms. The van der Waals surface area contributed by atoms with Gasteiger partial charge in [-0.15, -0.1) is 0 Å². The van der Waals surface area contributed by atoms with Crippen molar-refractivity contribution in [1.29, 1.82) is 0 Å². The molecule has 0 radical (unpaired) electrons. The highest BCUT2D eigenvalue weighted by Gasteiger charge is 2.40. The van der Waals surface area contributed by atoms with Crippen LogP contribution in [-0.4, -0.2) is 13.1 Å². The predicted octanol–water partition coefficient (Wildman–Crippen LogP) is 3.41. The van der Waals surface area contributed by atoms with Gasteiger partial charge in [0.1, 0.15) is 0 Å². The second kappa shape index (κ2) is 4.81. The van der Waals surface area contributed by atoms with Gasteiger partial charge in [0.05, 0.1) is 0 Å². The van der Waals surface area contributed by atoms with Gasteiger partial charge in [0.15, 0.2) is 0 Å². The minimum Gasteiger partial charge on any atom is -0.427 e. The van der Waals surface area contributed by atoms with Crippen molar-refractivity contribution in [3.8, 4) is 0 Å². The molecule has 0 aliphatic heterocycles. The lowest BCUT2D eigenvalue weighted by Crippen LogP contribution is -2.53. The number of hydrogen-bond acceptors (Lipinski definition) is 1. The summed E-state index contributed by atoms with van der Waals surface area (Å²) in [5.74, 6) is 0. The number of rotatable bonds is 3. The van der Waals surface area contributed by atoms with Gasteiger partial charge in [0, 0.05) is 4.47 Å². The Kier molecular flexibility index (Phi) is 4.15. The molecule has 84 valence electrons. The number of benzene rings is 1. The van der Waals surface area contributed by atoms with Crippen molar-refractivity contribution < 1.29 is 4.80 Å². The van der Waals surface area contributed by atoms with Crippen molar-refractivity contribution in [3.63, 3.8) is 0 Å². The summed E-state index contributed by atoms with van der Waals surface area (Å²) < 4.78 is 1.05. The Labute approximate surface area is 102 Å². The Balaban J connectivity index is 3.21. The summed E-state index contributed by atoms with van der Waals surface area (Å²) in [4.78, 5) is 10.9. The molecule has 0 saturated heterocycles. The first-order valence-corrected chi connectivity index (χ1v) is 8.27. The smallest absolute Gasteiger partial charge is 0.225 e. The van der Waals surface area contributed by atoms with Crippen LogP contribution >= 0.6 is 15.9 Å². The molecule has 0 atom stereocenters. The van der Waals surface area contributed by atoms with E-state index < -0.39 is 8.32 Å². The van der Waals surface area contributed by atoms with Crippen LogP contribution in [0, 0.1) is 0 Å². The van der Waals surface area contributed by atoms with Crippen LogP contribution in [0.2, 0.25) is 11.1 Å². The molecule has 1 nitrogen and oxygen atoms in total. The summed E-state index contributed by atoms with van der Waals surface area (Å²) in [6.07, 6.45) is 0. The summed E-state index contributed by atoms with van der Waals surface area (Å²) in [5, 5.41) is 1.13. The normalized spacial score (nSPS) is 12.5. The fourth-order valence-electron chi connectivity index (χ4n) is 2.07. The fourth-order valence-corrected chi connectivity index (χ4v) is 6.10. The van der Waals surface area contributed by atoms with Gasteiger partial charge in [0.2, 0.25) is 8.32 Å². The lowest BCUT2D eigenvalue weighted by Gasteiger charge is -2.33. The Bertz CT molecular complexity index is 328. The van der Waals surface area contributed by atoms with Crippen molar-refractivity contribution in [2.45, 2.75) is 38.8 Å². The maximum absolute atomic E-state index is 10.9. The second-order valence-electron chi connectivity index (χ2n) is 4.65. The largest absolute Gasteiger partial charge is 0.427 e. The summed E-state index contributed by atoms with van der Waals surface area (Å²) in [6, 6.07) is 8.12. The second-order valence-corrected chi connectivity index (χ2v) is 10.1. The van der Waals surface area contributed by atoms with E-state index in [4.69, 9.17) is 0 Å². The van der Waals surface area contributed by atoms with Crippen LogP contribution in [0.3, 0.4) is 0 Å². The van der Waals surface area contributed by atoms with Gasteiger partial charge >= 0.3 is 0 Å². The zero-order valence-corrected chi connectivity index (χ0v) is 12.4. The first kappa shape index (κ1) is 12.9. The molecule has 0 saturated carbocycles. The first-order chi connectivity index (χ1) is 6.89. The lowest BCUT2D eigenvalue weighted by atomic mass is 10.4.